The van der Waals surface area contributed by atoms with Crippen molar-refractivity contribution in [1.29, 1.82) is 0 Å². The van der Waals surface area contributed by atoms with E-state index in [0.29, 0.717) is 10.7 Å². The molecule has 1 heterocycles. The lowest BCUT2D eigenvalue weighted by Gasteiger charge is -2.07. The summed E-state index contributed by atoms with van der Waals surface area (Å²) in [6.45, 7) is 0. The van der Waals surface area contributed by atoms with Gasteiger partial charge in [-0.1, -0.05) is 48.0 Å². The first-order valence-electron chi connectivity index (χ1n) is 6.70. The highest BCUT2D eigenvalue weighted by atomic mass is 35.5. The zero-order valence-corrected chi connectivity index (χ0v) is 12.3. The number of fused-ring (bicyclic) bond motifs is 1. The van der Waals surface area contributed by atoms with Gasteiger partial charge in [-0.3, -0.25) is 0 Å². The third-order valence-electron chi connectivity index (χ3n) is 3.29. The van der Waals surface area contributed by atoms with Crippen LogP contribution < -0.4 is 0 Å². The molecule has 22 heavy (non-hydrogen) atoms. The molecule has 0 saturated heterocycles. The van der Waals surface area contributed by atoms with E-state index < -0.39 is 5.97 Å². The van der Waals surface area contributed by atoms with Crippen LogP contribution >= 0.6 is 11.6 Å². The van der Waals surface area contributed by atoms with Crippen molar-refractivity contribution in [2.45, 2.75) is 0 Å². The lowest BCUT2D eigenvalue weighted by molar-refractivity contribution is -0.131. The van der Waals surface area contributed by atoms with Crippen LogP contribution in [0.1, 0.15) is 5.69 Å². The van der Waals surface area contributed by atoms with Crippen molar-refractivity contribution in [3.05, 3.63) is 71.4 Å². The van der Waals surface area contributed by atoms with E-state index in [9.17, 15) is 4.79 Å². The fourth-order valence-corrected chi connectivity index (χ4v) is 2.40. The molecule has 0 aliphatic carbocycles. The van der Waals surface area contributed by atoms with Crippen LogP contribution in [0.2, 0.25) is 5.02 Å². The molecular weight excluding hydrogens is 298 g/mol. The van der Waals surface area contributed by atoms with Gasteiger partial charge in [-0.2, -0.15) is 0 Å². The zero-order chi connectivity index (χ0) is 15.5. The Morgan fingerprint density at radius 1 is 1.05 bits per heavy atom. The van der Waals surface area contributed by atoms with Gasteiger partial charge in [0, 0.05) is 22.0 Å². The maximum atomic E-state index is 10.6. The van der Waals surface area contributed by atoms with Gasteiger partial charge in [-0.15, -0.1) is 0 Å². The van der Waals surface area contributed by atoms with E-state index in [0.717, 1.165) is 28.1 Å². The molecule has 0 saturated carbocycles. The molecule has 3 rings (SSSR count). The van der Waals surface area contributed by atoms with Gasteiger partial charge in [0.1, 0.15) is 0 Å². The van der Waals surface area contributed by atoms with Crippen LogP contribution in [0, 0.1) is 0 Å². The first-order chi connectivity index (χ1) is 10.6. The Morgan fingerprint density at radius 3 is 2.55 bits per heavy atom. The number of aromatic nitrogens is 1. The van der Waals surface area contributed by atoms with Gasteiger partial charge in [0.05, 0.1) is 11.2 Å². The topological polar surface area (TPSA) is 50.2 Å². The summed E-state index contributed by atoms with van der Waals surface area (Å²) in [5.41, 5.74) is 3.44. The number of carboxylic acid groups (broad SMARTS) is 1. The van der Waals surface area contributed by atoms with Crippen LogP contribution in [0.5, 0.6) is 0 Å². The maximum absolute atomic E-state index is 10.6. The molecule has 0 amide bonds. The minimum absolute atomic E-state index is 0.608. The molecule has 0 aliphatic heterocycles. The third-order valence-corrected chi connectivity index (χ3v) is 3.55. The van der Waals surface area contributed by atoms with Crippen molar-refractivity contribution in [1.82, 2.24) is 4.98 Å². The molecule has 108 valence electrons. The smallest absolute Gasteiger partial charge is 0.328 e. The predicted molar refractivity (Wildman–Crippen MR) is 88.9 cm³/mol. The van der Waals surface area contributed by atoms with Gasteiger partial charge < -0.3 is 5.11 Å². The van der Waals surface area contributed by atoms with Gasteiger partial charge >= 0.3 is 5.97 Å². The van der Waals surface area contributed by atoms with Crippen LogP contribution in [0.15, 0.2) is 60.7 Å². The first-order valence-corrected chi connectivity index (χ1v) is 7.08. The van der Waals surface area contributed by atoms with E-state index in [4.69, 9.17) is 16.7 Å². The van der Waals surface area contributed by atoms with Crippen LogP contribution in [0.25, 0.3) is 28.1 Å². The highest BCUT2D eigenvalue weighted by Crippen LogP contribution is 2.28. The average Bonchev–Trinajstić information content (AvgIpc) is 2.53. The van der Waals surface area contributed by atoms with Gasteiger partial charge in [-0.05, 0) is 29.8 Å². The lowest BCUT2D eigenvalue weighted by atomic mass is 10.0. The molecule has 0 radical (unpaired) electrons. The second-order valence-corrected chi connectivity index (χ2v) is 5.23. The number of nitrogens with zero attached hydrogens (tertiary/aromatic N) is 1. The number of para-hydroxylation sites is 1. The molecule has 2 aromatic carbocycles. The fraction of sp³-hybridized carbons (Fsp3) is 0. The Kier molecular flexibility index (Phi) is 3.90. The summed E-state index contributed by atoms with van der Waals surface area (Å²) < 4.78 is 0. The van der Waals surface area contributed by atoms with Crippen LogP contribution in [-0.4, -0.2) is 16.1 Å². The zero-order valence-electron chi connectivity index (χ0n) is 11.5. The summed E-state index contributed by atoms with van der Waals surface area (Å²) in [4.78, 5) is 15.2. The van der Waals surface area contributed by atoms with Gasteiger partial charge in [0.25, 0.3) is 0 Å². The Balaban J connectivity index is 2.15. The molecule has 4 heteroatoms. The summed E-state index contributed by atoms with van der Waals surface area (Å²) >= 11 is 5.93. The molecule has 0 spiro atoms. The quantitative estimate of drug-likeness (QED) is 0.716. The van der Waals surface area contributed by atoms with E-state index in [2.05, 4.69) is 4.98 Å². The van der Waals surface area contributed by atoms with Crippen molar-refractivity contribution in [2.24, 2.45) is 0 Å². The average molecular weight is 310 g/mol. The van der Waals surface area contributed by atoms with Gasteiger partial charge in [-0.25, -0.2) is 9.78 Å². The van der Waals surface area contributed by atoms with Crippen LogP contribution in [0.3, 0.4) is 0 Å². The highest BCUT2D eigenvalue weighted by molar-refractivity contribution is 6.30. The van der Waals surface area contributed by atoms with Gasteiger partial charge in [0.15, 0.2) is 0 Å². The lowest BCUT2D eigenvalue weighted by Crippen LogP contribution is -1.90. The summed E-state index contributed by atoms with van der Waals surface area (Å²) in [6, 6.07) is 17.2. The Morgan fingerprint density at radius 2 is 1.82 bits per heavy atom. The Labute approximate surface area is 132 Å². The molecule has 0 fully saturated rings. The normalized spacial score (nSPS) is 11.1. The third kappa shape index (κ3) is 3.00. The largest absolute Gasteiger partial charge is 0.478 e. The van der Waals surface area contributed by atoms with E-state index in [1.54, 1.807) is 6.07 Å². The molecule has 0 atom stereocenters. The number of rotatable bonds is 3. The SMILES string of the molecule is O=C(O)/C=C/c1ccc2cccc(-c3ccc(Cl)cc3)c2n1. The number of aliphatic carboxylic acids is 1. The molecule has 1 aromatic heterocycles. The highest BCUT2D eigenvalue weighted by Gasteiger charge is 2.06. The number of benzene rings is 2. The maximum Gasteiger partial charge on any atom is 0.328 e. The molecule has 3 nitrogen and oxygen atoms in total. The standard InChI is InChI=1S/C18H12ClNO2/c19-14-7-4-12(5-8-14)16-3-1-2-13-6-9-15(20-18(13)16)10-11-17(21)22/h1-11H,(H,21,22)/b11-10+. The van der Waals surface area contributed by atoms with Crippen molar-refractivity contribution < 1.29 is 9.90 Å². The number of hydrogen-bond donors (Lipinski definition) is 1. The van der Waals surface area contributed by atoms with E-state index in [1.165, 1.54) is 6.08 Å². The van der Waals surface area contributed by atoms with Crippen molar-refractivity contribution in [3.63, 3.8) is 0 Å². The minimum Gasteiger partial charge on any atom is -0.478 e. The molecular formula is C18H12ClNO2. The van der Waals surface area contributed by atoms with E-state index in [1.807, 2.05) is 48.5 Å². The summed E-state index contributed by atoms with van der Waals surface area (Å²) in [5, 5.41) is 10.4. The minimum atomic E-state index is -0.993. The molecule has 0 bridgehead atoms. The number of carboxylic acids is 1. The fourth-order valence-electron chi connectivity index (χ4n) is 2.27. The monoisotopic (exact) mass is 309 g/mol. The van der Waals surface area contributed by atoms with Crippen LogP contribution in [0.4, 0.5) is 0 Å². The van der Waals surface area contributed by atoms with Crippen LogP contribution in [-0.2, 0) is 4.79 Å². The number of pyridine rings is 1. The second-order valence-electron chi connectivity index (χ2n) is 4.79. The number of hydrogen-bond acceptors (Lipinski definition) is 2. The molecule has 0 unspecified atom stereocenters. The number of carbonyl (C=O) groups is 1. The van der Waals surface area contributed by atoms with Crippen molar-refractivity contribution in [3.8, 4) is 11.1 Å². The van der Waals surface area contributed by atoms with Gasteiger partial charge in [0.2, 0.25) is 0 Å². The van der Waals surface area contributed by atoms with E-state index >= 15 is 0 Å². The Bertz CT molecular complexity index is 870. The summed E-state index contributed by atoms with van der Waals surface area (Å²) in [7, 11) is 0. The number of halogens is 1. The first kappa shape index (κ1) is 14.3. The molecule has 3 aromatic rings. The Hall–Kier alpha value is -2.65. The second kappa shape index (κ2) is 6.00. The summed E-state index contributed by atoms with van der Waals surface area (Å²) in [6.07, 6.45) is 2.57. The molecule has 1 N–H and O–H groups in total. The van der Waals surface area contributed by atoms with Crippen molar-refractivity contribution >= 4 is 34.5 Å². The molecule has 0 aliphatic rings. The predicted octanol–water partition coefficient (Wildman–Crippen LogP) is 4.65. The van der Waals surface area contributed by atoms with Crippen molar-refractivity contribution in [2.75, 3.05) is 0 Å². The summed E-state index contributed by atoms with van der Waals surface area (Å²) in [5.74, 6) is -0.993. The van der Waals surface area contributed by atoms with E-state index in [-0.39, 0.29) is 0 Å².